The SMILES string of the molecule is O=C(N1CCOCC1)N1CCC(c2nnc3n2CCNC3)CC1. The van der Waals surface area contributed by atoms with Crippen molar-refractivity contribution in [3.05, 3.63) is 11.6 Å². The average molecular weight is 320 g/mol. The van der Waals surface area contributed by atoms with Gasteiger partial charge in [0.25, 0.3) is 0 Å². The summed E-state index contributed by atoms with van der Waals surface area (Å²) >= 11 is 0. The molecule has 0 saturated carbocycles. The van der Waals surface area contributed by atoms with E-state index in [-0.39, 0.29) is 6.03 Å². The van der Waals surface area contributed by atoms with Crippen molar-refractivity contribution in [2.45, 2.75) is 31.8 Å². The zero-order chi connectivity index (χ0) is 15.6. The molecule has 3 aliphatic rings. The summed E-state index contributed by atoms with van der Waals surface area (Å²) in [6, 6.07) is 0.166. The third-order valence-corrected chi connectivity index (χ3v) is 5.06. The van der Waals surface area contributed by atoms with Gasteiger partial charge in [0.2, 0.25) is 0 Å². The van der Waals surface area contributed by atoms with Crippen molar-refractivity contribution in [3.8, 4) is 0 Å². The summed E-state index contributed by atoms with van der Waals surface area (Å²) in [4.78, 5) is 16.4. The second-order valence-electron chi connectivity index (χ2n) is 6.45. The Balaban J connectivity index is 1.37. The number of amides is 2. The Morgan fingerprint density at radius 2 is 1.78 bits per heavy atom. The highest BCUT2D eigenvalue weighted by atomic mass is 16.5. The number of likely N-dealkylation sites (tertiary alicyclic amines) is 1. The number of nitrogens with zero attached hydrogens (tertiary/aromatic N) is 5. The standard InChI is InChI=1S/C15H24N6O2/c22-15(20-7-9-23-10-8-20)19-4-1-12(2-5-19)14-18-17-13-11-16-3-6-21(13)14/h12,16H,1-11H2. The molecule has 1 aromatic heterocycles. The highest BCUT2D eigenvalue weighted by molar-refractivity contribution is 5.74. The van der Waals surface area contributed by atoms with Crippen molar-refractivity contribution in [2.24, 2.45) is 0 Å². The summed E-state index contributed by atoms with van der Waals surface area (Å²) in [5.74, 6) is 2.57. The fourth-order valence-electron chi connectivity index (χ4n) is 3.70. The molecule has 0 radical (unpaired) electrons. The average Bonchev–Trinajstić information content (AvgIpc) is 3.06. The monoisotopic (exact) mass is 320 g/mol. The van der Waals surface area contributed by atoms with Crippen LogP contribution in [-0.4, -0.2) is 76.5 Å². The lowest BCUT2D eigenvalue weighted by atomic mass is 9.96. The minimum absolute atomic E-state index is 0.166. The molecule has 1 N–H and O–H groups in total. The summed E-state index contributed by atoms with van der Waals surface area (Å²) in [6.07, 6.45) is 1.95. The van der Waals surface area contributed by atoms with Crippen molar-refractivity contribution in [1.29, 1.82) is 0 Å². The minimum Gasteiger partial charge on any atom is -0.378 e. The Hall–Kier alpha value is -1.67. The van der Waals surface area contributed by atoms with Gasteiger partial charge in [-0.25, -0.2) is 4.79 Å². The molecular formula is C15H24N6O2. The van der Waals surface area contributed by atoms with Gasteiger partial charge in [-0.1, -0.05) is 0 Å². The molecule has 0 atom stereocenters. The number of carbonyl (C=O) groups is 1. The zero-order valence-electron chi connectivity index (χ0n) is 13.4. The number of urea groups is 1. The molecule has 2 saturated heterocycles. The van der Waals surface area contributed by atoms with E-state index in [9.17, 15) is 4.79 Å². The van der Waals surface area contributed by atoms with Crippen LogP contribution in [0.2, 0.25) is 0 Å². The normalized spacial score (nSPS) is 23.0. The lowest BCUT2D eigenvalue weighted by Gasteiger charge is -2.37. The molecule has 23 heavy (non-hydrogen) atoms. The number of hydrogen-bond donors (Lipinski definition) is 1. The molecule has 8 heteroatoms. The van der Waals surface area contributed by atoms with Crippen LogP contribution in [0.15, 0.2) is 0 Å². The third-order valence-electron chi connectivity index (χ3n) is 5.06. The van der Waals surface area contributed by atoms with E-state index in [4.69, 9.17) is 4.74 Å². The van der Waals surface area contributed by atoms with Crippen LogP contribution in [0.4, 0.5) is 4.79 Å². The van der Waals surface area contributed by atoms with E-state index in [1.54, 1.807) is 0 Å². The predicted octanol–water partition coefficient (Wildman–Crippen LogP) is 0.0129. The van der Waals surface area contributed by atoms with Gasteiger partial charge in [-0.3, -0.25) is 0 Å². The smallest absolute Gasteiger partial charge is 0.320 e. The van der Waals surface area contributed by atoms with E-state index in [2.05, 4.69) is 20.1 Å². The van der Waals surface area contributed by atoms with Crippen LogP contribution >= 0.6 is 0 Å². The van der Waals surface area contributed by atoms with Gasteiger partial charge < -0.3 is 24.4 Å². The van der Waals surface area contributed by atoms with Crippen LogP contribution in [0.1, 0.15) is 30.4 Å². The lowest BCUT2D eigenvalue weighted by Crippen LogP contribution is -2.50. The van der Waals surface area contributed by atoms with Gasteiger partial charge in [0.1, 0.15) is 11.6 Å². The molecule has 3 aliphatic heterocycles. The second kappa shape index (κ2) is 6.45. The molecule has 126 valence electrons. The van der Waals surface area contributed by atoms with E-state index in [0.29, 0.717) is 32.2 Å². The quantitative estimate of drug-likeness (QED) is 0.789. The van der Waals surface area contributed by atoms with E-state index in [1.807, 2.05) is 9.80 Å². The number of morpholine rings is 1. The van der Waals surface area contributed by atoms with Crippen molar-refractivity contribution in [1.82, 2.24) is 29.9 Å². The van der Waals surface area contributed by atoms with Gasteiger partial charge in [0, 0.05) is 45.2 Å². The number of rotatable bonds is 1. The van der Waals surface area contributed by atoms with E-state index in [0.717, 1.165) is 57.2 Å². The highest BCUT2D eigenvalue weighted by Crippen LogP contribution is 2.28. The van der Waals surface area contributed by atoms with E-state index in [1.165, 1.54) is 0 Å². The molecule has 0 bridgehead atoms. The molecule has 0 aliphatic carbocycles. The summed E-state index contributed by atoms with van der Waals surface area (Å²) in [6.45, 7) is 7.08. The molecule has 1 aromatic rings. The number of nitrogens with one attached hydrogen (secondary N) is 1. The van der Waals surface area contributed by atoms with Gasteiger partial charge in [-0.15, -0.1) is 10.2 Å². The van der Waals surface area contributed by atoms with Crippen LogP contribution < -0.4 is 5.32 Å². The summed E-state index contributed by atoms with van der Waals surface area (Å²) in [5, 5.41) is 12.1. The lowest BCUT2D eigenvalue weighted by molar-refractivity contribution is 0.0410. The first-order valence-corrected chi connectivity index (χ1v) is 8.57. The number of piperidine rings is 1. The maximum absolute atomic E-state index is 12.5. The van der Waals surface area contributed by atoms with Gasteiger partial charge in [0.05, 0.1) is 19.8 Å². The highest BCUT2D eigenvalue weighted by Gasteiger charge is 2.30. The Kier molecular flexibility index (Phi) is 4.17. The van der Waals surface area contributed by atoms with Crippen LogP contribution in [0.5, 0.6) is 0 Å². The number of hydrogen-bond acceptors (Lipinski definition) is 5. The Bertz CT molecular complexity index is 560. The maximum Gasteiger partial charge on any atom is 0.320 e. The molecule has 0 spiro atoms. The summed E-state index contributed by atoms with van der Waals surface area (Å²) < 4.78 is 7.59. The van der Waals surface area contributed by atoms with Crippen LogP contribution in [0, 0.1) is 0 Å². The maximum atomic E-state index is 12.5. The van der Waals surface area contributed by atoms with E-state index < -0.39 is 0 Å². The molecule has 2 fully saturated rings. The predicted molar refractivity (Wildman–Crippen MR) is 83.1 cm³/mol. The molecular weight excluding hydrogens is 296 g/mol. The van der Waals surface area contributed by atoms with Crippen molar-refractivity contribution < 1.29 is 9.53 Å². The van der Waals surface area contributed by atoms with Gasteiger partial charge in [-0.05, 0) is 12.8 Å². The summed E-state index contributed by atoms with van der Waals surface area (Å²) in [7, 11) is 0. The van der Waals surface area contributed by atoms with Crippen LogP contribution in [0.25, 0.3) is 0 Å². The second-order valence-corrected chi connectivity index (χ2v) is 6.45. The van der Waals surface area contributed by atoms with Crippen LogP contribution in [0.3, 0.4) is 0 Å². The Morgan fingerprint density at radius 3 is 2.57 bits per heavy atom. The molecule has 0 unspecified atom stereocenters. The largest absolute Gasteiger partial charge is 0.378 e. The number of aromatic nitrogens is 3. The zero-order valence-corrected chi connectivity index (χ0v) is 13.4. The molecule has 4 heterocycles. The van der Waals surface area contributed by atoms with Gasteiger partial charge in [0.15, 0.2) is 0 Å². The Labute approximate surface area is 135 Å². The van der Waals surface area contributed by atoms with Crippen LogP contribution in [-0.2, 0) is 17.8 Å². The molecule has 2 amide bonds. The number of carbonyl (C=O) groups excluding carboxylic acids is 1. The van der Waals surface area contributed by atoms with E-state index >= 15 is 0 Å². The van der Waals surface area contributed by atoms with Crippen molar-refractivity contribution in [3.63, 3.8) is 0 Å². The molecule has 0 aromatic carbocycles. The molecule has 4 rings (SSSR count). The topological polar surface area (TPSA) is 75.5 Å². The van der Waals surface area contributed by atoms with Crippen molar-refractivity contribution in [2.75, 3.05) is 45.9 Å². The first-order valence-electron chi connectivity index (χ1n) is 8.57. The summed E-state index contributed by atoms with van der Waals surface area (Å²) in [5.41, 5.74) is 0. The molecule has 8 nitrogen and oxygen atoms in total. The first kappa shape index (κ1) is 14.9. The van der Waals surface area contributed by atoms with Gasteiger partial charge in [-0.2, -0.15) is 0 Å². The third kappa shape index (κ3) is 2.92. The van der Waals surface area contributed by atoms with Gasteiger partial charge >= 0.3 is 6.03 Å². The number of ether oxygens (including phenoxy) is 1. The first-order chi connectivity index (χ1) is 11.3. The van der Waals surface area contributed by atoms with Crippen molar-refractivity contribution >= 4 is 6.03 Å². The fourth-order valence-corrected chi connectivity index (χ4v) is 3.70. The Morgan fingerprint density at radius 1 is 1.04 bits per heavy atom. The number of fused-ring (bicyclic) bond motifs is 1. The fraction of sp³-hybridized carbons (Fsp3) is 0.800. The minimum atomic E-state index is 0.166.